The highest BCUT2D eigenvalue weighted by Gasteiger charge is 2.38. The lowest BCUT2D eigenvalue weighted by Gasteiger charge is -2.21. The molecule has 3 aromatic carbocycles. The monoisotopic (exact) mass is 736 g/mol. The largest absolute Gasteiger partial charge is 0.493 e. The summed E-state index contributed by atoms with van der Waals surface area (Å²) in [6.07, 6.45) is -5.42. The van der Waals surface area contributed by atoms with Gasteiger partial charge in [-0.3, -0.25) is 10.1 Å². The number of alkyl halides is 3. The van der Waals surface area contributed by atoms with Crippen molar-refractivity contribution in [2.24, 2.45) is 0 Å². The van der Waals surface area contributed by atoms with E-state index in [2.05, 4.69) is 20.4 Å². The third-order valence-electron chi connectivity index (χ3n) is 7.08. The zero-order valence-corrected chi connectivity index (χ0v) is 28.7. The summed E-state index contributed by atoms with van der Waals surface area (Å²) in [4.78, 5) is 38.6. The Labute approximate surface area is 290 Å². The lowest BCUT2D eigenvalue weighted by Crippen LogP contribution is -2.32. The quantitative estimate of drug-likeness (QED) is 0.156. The summed E-state index contributed by atoms with van der Waals surface area (Å²) in [7, 11) is 0.449. The van der Waals surface area contributed by atoms with Crippen LogP contribution >= 0.6 is 0 Å². The molecule has 2 amide bonds. The number of nitrogens with zero attached hydrogens (tertiary/aromatic N) is 1. The standard InChI is InChI=1S/C31H34N4O8S.C2HF3O2/c1-18(2)44(38,39)27-11-7-22(35-31(37)42-5)14-21(27)17-34-30(36)28(20-6-10-25(40-3)26(16-20)41-4)43-23-8-9-24-19(15-23)12-13-33-29(24)32;3-2(4,5)1(6)7/h6-16,18,28H,17H2,1-5H3,(H2,32,33)(H,34,36)(H,35,37);(H,6,7). The summed E-state index contributed by atoms with van der Waals surface area (Å²) < 4.78 is 79.7. The average Bonchev–Trinajstić information content (AvgIpc) is 3.09. The molecule has 0 aliphatic heterocycles. The molecule has 18 heteroatoms. The number of carbonyl (C=O) groups is 3. The molecule has 1 unspecified atom stereocenters. The second-order valence-electron chi connectivity index (χ2n) is 10.7. The van der Waals surface area contributed by atoms with Crippen molar-refractivity contribution in [1.82, 2.24) is 10.3 Å². The van der Waals surface area contributed by atoms with Crippen LogP contribution in [0.2, 0.25) is 0 Å². The maximum Gasteiger partial charge on any atom is 0.490 e. The molecule has 0 bridgehead atoms. The summed E-state index contributed by atoms with van der Waals surface area (Å²) in [6.45, 7) is 2.93. The number of hydrogen-bond donors (Lipinski definition) is 4. The van der Waals surface area contributed by atoms with Crippen LogP contribution in [-0.2, 0) is 30.7 Å². The van der Waals surface area contributed by atoms with Crippen molar-refractivity contribution >= 4 is 50.1 Å². The number of ether oxygens (including phenoxy) is 4. The molecule has 14 nitrogen and oxygen atoms in total. The maximum absolute atomic E-state index is 13.8. The smallest absolute Gasteiger partial charge is 0.490 e. The Morgan fingerprint density at radius 1 is 0.941 bits per heavy atom. The molecule has 1 atom stereocenters. The molecule has 0 aliphatic rings. The number of aliphatic carboxylic acids is 1. The SMILES string of the molecule is COC(=O)Nc1ccc(S(=O)(=O)C(C)C)c(CNC(=O)C(Oc2ccc3c(N)nccc3c2)c2ccc(OC)c(OC)c2)c1.O=C(O)C(F)(F)F. The number of fused-ring (bicyclic) bond motifs is 1. The van der Waals surface area contributed by atoms with Crippen molar-refractivity contribution in [1.29, 1.82) is 0 Å². The molecule has 0 radical (unpaired) electrons. The Morgan fingerprint density at radius 3 is 2.20 bits per heavy atom. The predicted molar refractivity (Wildman–Crippen MR) is 179 cm³/mol. The first-order valence-corrected chi connectivity index (χ1v) is 16.3. The Bertz CT molecular complexity index is 2010. The molecule has 4 aromatic rings. The second-order valence-corrected chi connectivity index (χ2v) is 13.2. The molecule has 0 saturated carbocycles. The number of pyridine rings is 1. The Balaban J connectivity index is 0.000000908. The Morgan fingerprint density at radius 2 is 1.61 bits per heavy atom. The number of carboxylic acid groups (broad SMARTS) is 1. The van der Waals surface area contributed by atoms with E-state index in [4.69, 9.17) is 29.8 Å². The van der Waals surface area contributed by atoms with Gasteiger partial charge >= 0.3 is 18.2 Å². The lowest BCUT2D eigenvalue weighted by atomic mass is 10.1. The third kappa shape index (κ3) is 10.1. The van der Waals surface area contributed by atoms with E-state index in [9.17, 15) is 31.2 Å². The van der Waals surface area contributed by atoms with Crippen LogP contribution in [-0.4, -0.2) is 69.2 Å². The minimum absolute atomic E-state index is 0.0209. The van der Waals surface area contributed by atoms with Gasteiger partial charge in [-0.15, -0.1) is 0 Å². The number of benzene rings is 3. The molecule has 1 heterocycles. The zero-order valence-electron chi connectivity index (χ0n) is 27.9. The van der Waals surface area contributed by atoms with Gasteiger partial charge in [0.25, 0.3) is 5.91 Å². The van der Waals surface area contributed by atoms with Gasteiger partial charge in [0, 0.05) is 29.4 Å². The lowest BCUT2D eigenvalue weighted by molar-refractivity contribution is -0.192. The Kier molecular flexibility index (Phi) is 13.0. The van der Waals surface area contributed by atoms with Gasteiger partial charge in [0.2, 0.25) is 6.10 Å². The molecule has 1 aromatic heterocycles. The van der Waals surface area contributed by atoms with Crippen LogP contribution in [0.4, 0.5) is 29.5 Å². The van der Waals surface area contributed by atoms with E-state index in [1.165, 1.54) is 39.5 Å². The highest BCUT2D eigenvalue weighted by molar-refractivity contribution is 7.92. The number of nitrogens with two attached hydrogens (primary N) is 1. The minimum Gasteiger partial charge on any atom is -0.493 e. The van der Waals surface area contributed by atoms with Crippen LogP contribution in [0.5, 0.6) is 17.2 Å². The molecule has 0 aliphatic carbocycles. The topological polar surface area (TPSA) is 205 Å². The van der Waals surface area contributed by atoms with Crippen molar-refractivity contribution in [3.05, 3.63) is 78.0 Å². The van der Waals surface area contributed by atoms with Crippen LogP contribution in [0.1, 0.15) is 31.1 Å². The average molecular weight is 737 g/mol. The van der Waals surface area contributed by atoms with Crippen molar-refractivity contribution in [2.45, 2.75) is 42.8 Å². The molecule has 0 fully saturated rings. The van der Waals surface area contributed by atoms with Gasteiger partial charge in [-0.25, -0.2) is 23.0 Å². The molecular weight excluding hydrogens is 701 g/mol. The first kappa shape index (κ1) is 39.7. The fraction of sp³-hybridized carbons (Fsp3) is 0.273. The Hall–Kier alpha value is -5.78. The number of aromatic nitrogens is 1. The number of sulfone groups is 1. The van der Waals surface area contributed by atoms with Crippen LogP contribution in [0.3, 0.4) is 0 Å². The number of methoxy groups -OCH3 is 3. The first-order valence-electron chi connectivity index (χ1n) is 14.7. The minimum atomic E-state index is -5.08. The summed E-state index contributed by atoms with van der Waals surface area (Å²) in [5.74, 6) is -1.74. The van der Waals surface area contributed by atoms with E-state index in [0.29, 0.717) is 34.3 Å². The normalized spacial score (nSPS) is 11.9. The van der Waals surface area contributed by atoms with Crippen LogP contribution in [0.25, 0.3) is 10.8 Å². The summed E-state index contributed by atoms with van der Waals surface area (Å²) in [5, 5.41) is 13.2. The summed E-state index contributed by atoms with van der Waals surface area (Å²) in [5.41, 5.74) is 7.00. The first-order chi connectivity index (χ1) is 23.9. The number of nitrogen functional groups attached to an aromatic ring is 1. The number of rotatable bonds is 11. The number of carbonyl (C=O) groups excluding carboxylic acids is 2. The maximum atomic E-state index is 13.8. The number of amides is 2. The van der Waals surface area contributed by atoms with Gasteiger partial charge in [-0.05, 0) is 79.4 Å². The van der Waals surface area contributed by atoms with E-state index in [1.54, 1.807) is 62.5 Å². The van der Waals surface area contributed by atoms with Crippen molar-refractivity contribution in [3.8, 4) is 17.2 Å². The highest BCUT2D eigenvalue weighted by atomic mass is 32.2. The van der Waals surface area contributed by atoms with Gasteiger partial charge in [0.05, 0.1) is 31.5 Å². The molecule has 274 valence electrons. The predicted octanol–water partition coefficient (Wildman–Crippen LogP) is 5.26. The number of halogens is 3. The van der Waals surface area contributed by atoms with Gasteiger partial charge in [0.1, 0.15) is 11.6 Å². The van der Waals surface area contributed by atoms with E-state index in [0.717, 1.165) is 10.8 Å². The second kappa shape index (κ2) is 16.8. The molecule has 51 heavy (non-hydrogen) atoms. The molecule has 0 spiro atoms. The number of hydrogen-bond acceptors (Lipinski definition) is 11. The summed E-state index contributed by atoms with van der Waals surface area (Å²) >= 11 is 0. The number of nitrogens with one attached hydrogen (secondary N) is 2. The molecule has 0 saturated heterocycles. The highest BCUT2D eigenvalue weighted by Crippen LogP contribution is 2.33. The fourth-order valence-electron chi connectivity index (χ4n) is 4.45. The fourth-order valence-corrected chi connectivity index (χ4v) is 5.71. The summed E-state index contributed by atoms with van der Waals surface area (Å²) in [6, 6.07) is 16.2. The zero-order chi connectivity index (χ0) is 38.1. The number of anilines is 2. The molecule has 4 rings (SSSR count). The van der Waals surface area contributed by atoms with Gasteiger partial charge in [0.15, 0.2) is 21.3 Å². The van der Waals surface area contributed by atoms with Crippen molar-refractivity contribution in [2.75, 3.05) is 32.4 Å². The van der Waals surface area contributed by atoms with Crippen LogP contribution in [0, 0.1) is 0 Å². The number of carboxylic acids is 1. The van der Waals surface area contributed by atoms with Gasteiger partial charge in [-0.2, -0.15) is 13.2 Å². The van der Waals surface area contributed by atoms with Crippen LogP contribution in [0.15, 0.2) is 71.8 Å². The van der Waals surface area contributed by atoms with Crippen molar-refractivity contribution in [3.63, 3.8) is 0 Å². The van der Waals surface area contributed by atoms with E-state index < -0.39 is 45.3 Å². The van der Waals surface area contributed by atoms with Crippen LogP contribution < -0.4 is 30.6 Å². The van der Waals surface area contributed by atoms with Gasteiger partial charge in [-0.1, -0.05) is 6.07 Å². The molecule has 5 N–H and O–H groups in total. The van der Waals surface area contributed by atoms with Gasteiger partial charge < -0.3 is 35.1 Å². The van der Waals surface area contributed by atoms with E-state index in [1.807, 2.05) is 0 Å². The van der Waals surface area contributed by atoms with Crippen molar-refractivity contribution < 1.29 is 60.0 Å². The van der Waals surface area contributed by atoms with E-state index in [-0.39, 0.29) is 17.0 Å². The molecular formula is C33H35F3N4O10S. The third-order valence-corrected chi connectivity index (χ3v) is 9.34. The van der Waals surface area contributed by atoms with E-state index >= 15 is 0 Å².